The van der Waals surface area contributed by atoms with Gasteiger partial charge >= 0.3 is 0 Å². The van der Waals surface area contributed by atoms with E-state index in [9.17, 15) is 4.79 Å². The Labute approximate surface area is 96.9 Å². The van der Waals surface area contributed by atoms with E-state index in [1.807, 2.05) is 13.8 Å². The van der Waals surface area contributed by atoms with Crippen LogP contribution in [0.15, 0.2) is 34.3 Å². The van der Waals surface area contributed by atoms with Crippen LogP contribution in [0.2, 0.25) is 5.02 Å². The van der Waals surface area contributed by atoms with Crippen LogP contribution in [0.25, 0.3) is 0 Å². The summed E-state index contributed by atoms with van der Waals surface area (Å²) < 4.78 is 0.872. The molecule has 0 unspecified atom stereocenters. The first-order valence-electron chi connectivity index (χ1n) is 4.15. The largest absolute Gasteiger partial charge is 0.289 e. The predicted octanol–water partition coefficient (Wildman–Crippen LogP) is 4.25. The average Bonchev–Trinajstić information content (AvgIpc) is 2.01. The molecular weight excluding hydrogens is 263 g/mol. The van der Waals surface area contributed by atoms with Crippen LogP contribution in [0.3, 0.4) is 0 Å². The van der Waals surface area contributed by atoms with Crippen molar-refractivity contribution in [1.29, 1.82) is 0 Å². The molecule has 0 saturated heterocycles. The third-order valence-electron chi connectivity index (χ3n) is 1.62. The third kappa shape index (κ3) is 2.96. The molecule has 0 N–H and O–H groups in total. The van der Waals surface area contributed by atoms with Gasteiger partial charge in [0.05, 0.1) is 5.02 Å². The van der Waals surface area contributed by atoms with Gasteiger partial charge in [-0.05, 0) is 38.1 Å². The van der Waals surface area contributed by atoms with Crippen molar-refractivity contribution in [3.8, 4) is 0 Å². The zero-order valence-corrected chi connectivity index (χ0v) is 10.3. The Balaban J connectivity index is 3.08. The Morgan fingerprint density at radius 2 is 2.07 bits per heavy atom. The molecule has 0 spiro atoms. The molecule has 0 heterocycles. The Kier molecular flexibility index (Phi) is 3.90. The van der Waals surface area contributed by atoms with E-state index in [2.05, 4.69) is 15.9 Å². The van der Waals surface area contributed by atoms with E-state index in [-0.39, 0.29) is 5.78 Å². The second-order valence-electron chi connectivity index (χ2n) is 3.21. The standard InChI is InChI=1S/C11H10BrClO/c1-7(2)5-11(14)9-4-3-8(12)6-10(9)13/h3-6H,1-2H3. The van der Waals surface area contributed by atoms with Crippen molar-refractivity contribution in [3.63, 3.8) is 0 Å². The molecule has 0 atom stereocenters. The molecule has 1 rings (SSSR count). The monoisotopic (exact) mass is 272 g/mol. The lowest BCUT2D eigenvalue weighted by molar-refractivity contribution is 0.104. The maximum atomic E-state index is 11.6. The first-order chi connectivity index (χ1) is 6.50. The highest BCUT2D eigenvalue weighted by molar-refractivity contribution is 9.10. The van der Waals surface area contributed by atoms with Crippen molar-refractivity contribution in [1.82, 2.24) is 0 Å². The molecule has 14 heavy (non-hydrogen) atoms. The Morgan fingerprint density at radius 3 is 2.57 bits per heavy atom. The minimum Gasteiger partial charge on any atom is -0.289 e. The number of halogens is 2. The molecule has 0 saturated carbocycles. The van der Waals surface area contributed by atoms with Gasteiger partial charge < -0.3 is 0 Å². The molecule has 0 bridgehead atoms. The van der Waals surface area contributed by atoms with Crippen LogP contribution in [0.5, 0.6) is 0 Å². The van der Waals surface area contributed by atoms with Crippen LogP contribution in [0.4, 0.5) is 0 Å². The Morgan fingerprint density at radius 1 is 1.43 bits per heavy atom. The lowest BCUT2D eigenvalue weighted by Gasteiger charge is -2.00. The number of carbonyl (C=O) groups is 1. The summed E-state index contributed by atoms with van der Waals surface area (Å²) in [6.45, 7) is 3.76. The first kappa shape index (κ1) is 11.5. The fourth-order valence-corrected chi connectivity index (χ4v) is 1.80. The van der Waals surface area contributed by atoms with Crippen LogP contribution in [-0.4, -0.2) is 5.78 Å². The molecule has 0 aliphatic carbocycles. The minimum absolute atomic E-state index is 0.0532. The fourth-order valence-electron chi connectivity index (χ4n) is 1.03. The second-order valence-corrected chi connectivity index (χ2v) is 4.53. The Bertz CT molecular complexity index is 392. The zero-order chi connectivity index (χ0) is 10.7. The number of hydrogen-bond acceptors (Lipinski definition) is 1. The topological polar surface area (TPSA) is 17.1 Å². The predicted molar refractivity (Wildman–Crippen MR) is 62.9 cm³/mol. The highest BCUT2D eigenvalue weighted by atomic mass is 79.9. The van der Waals surface area contributed by atoms with Gasteiger partial charge in [-0.3, -0.25) is 4.79 Å². The molecule has 74 valence electrons. The summed E-state index contributed by atoms with van der Waals surface area (Å²) in [5.74, 6) is -0.0532. The van der Waals surface area contributed by atoms with E-state index in [4.69, 9.17) is 11.6 Å². The van der Waals surface area contributed by atoms with Gasteiger partial charge in [0.1, 0.15) is 0 Å². The molecule has 1 nitrogen and oxygen atoms in total. The van der Waals surface area contributed by atoms with Crippen LogP contribution in [-0.2, 0) is 0 Å². The van der Waals surface area contributed by atoms with Crippen LogP contribution >= 0.6 is 27.5 Å². The van der Waals surface area contributed by atoms with Gasteiger partial charge in [-0.25, -0.2) is 0 Å². The van der Waals surface area contributed by atoms with Gasteiger partial charge in [-0.1, -0.05) is 33.1 Å². The number of hydrogen-bond donors (Lipinski definition) is 0. The number of benzene rings is 1. The number of rotatable bonds is 2. The van der Waals surface area contributed by atoms with Crippen molar-refractivity contribution in [2.24, 2.45) is 0 Å². The van der Waals surface area contributed by atoms with Gasteiger partial charge in [0.25, 0.3) is 0 Å². The van der Waals surface area contributed by atoms with Crippen molar-refractivity contribution in [2.75, 3.05) is 0 Å². The highest BCUT2D eigenvalue weighted by Gasteiger charge is 2.07. The van der Waals surface area contributed by atoms with E-state index in [0.717, 1.165) is 10.0 Å². The summed E-state index contributed by atoms with van der Waals surface area (Å²) in [4.78, 5) is 11.6. The smallest absolute Gasteiger partial charge is 0.187 e. The molecule has 0 radical (unpaired) electrons. The summed E-state index contributed by atoms with van der Waals surface area (Å²) >= 11 is 9.21. The number of allylic oxidation sites excluding steroid dienone is 2. The fraction of sp³-hybridized carbons (Fsp3) is 0.182. The minimum atomic E-state index is -0.0532. The highest BCUT2D eigenvalue weighted by Crippen LogP contribution is 2.22. The van der Waals surface area contributed by atoms with Crippen molar-refractivity contribution in [3.05, 3.63) is 44.9 Å². The van der Waals surface area contributed by atoms with Crippen molar-refractivity contribution in [2.45, 2.75) is 13.8 Å². The van der Waals surface area contributed by atoms with Gasteiger partial charge in [-0.2, -0.15) is 0 Å². The second kappa shape index (κ2) is 4.76. The van der Waals surface area contributed by atoms with Crippen LogP contribution in [0, 0.1) is 0 Å². The quantitative estimate of drug-likeness (QED) is 0.581. The van der Waals surface area contributed by atoms with Crippen LogP contribution < -0.4 is 0 Å². The van der Waals surface area contributed by atoms with Crippen molar-refractivity contribution >= 4 is 33.3 Å². The summed E-state index contributed by atoms with van der Waals surface area (Å²) in [7, 11) is 0. The summed E-state index contributed by atoms with van der Waals surface area (Å²) in [6, 6.07) is 5.24. The van der Waals surface area contributed by atoms with Gasteiger partial charge in [0.15, 0.2) is 5.78 Å². The maximum Gasteiger partial charge on any atom is 0.187 e. The molecule has 1 aromatic rings. The van der Waals surface area contributed by atoms with E-state index in [1.54, 1.807) is 24.3 Å². The summed E-state index contributed by atoms with van der Waals surface area (Å²) in [5.41, 5.74) is 1.50. The van der Waals surface area contributed by atoms with E-state index < -0.39 is 0 Å². The average molecular weight is 274 g/mol. The zero-order valence-electron chi connectivity index (χ0n) is 7.97. The molecule has 0 amide bonds. The Hall–Kier alpha value is -0.600. The number of ketones is 1. The summed E-state index contributed by atoms with van der Waals surface area (Å²) in [6.07, 6.45) is 1.58. The summed E-state index contributed by atoms with van der Waals surface area (Å²) in [5, 5.41) is 0.474. The normalized spacial score (nSPS) is 9.71. The molecule has 0 aliphatic rings. The lowest BCUT2D eigenvalue weighted by Crippen LogP contribution is -1.96. The molecular formula is C11H10BrClO. The van der Waals surface area contributed by atoms with E-state index in [1.165, 1.54) is 0 Å². The molecule has 0 fully saturated rings. The van der Waals surface area contributed by atoms with E-state index in [0.29, 0.717) is 10.6 Å². The lowest BCUT2D eigenvalue weighted by atomic mass is 10.1. The molecule has 3 heteroatoms. The first-order valence-corrected chi connectivity index (χ1v) is 5.32. The molecule has 1 aromatic carbocycles. The maximum absolute atomic E-state index is 11.6. The van der Waals surface area contributed by atoms with Crippen molar-refractivity contribution < 1.29 is 4.79 Å². The third-order valence-corrected chi connectivity index (χ3v) is 2.42. The SMILES string of the molecule is CC(C)=CC(=O)c1ccc(Br)cc1Cl. The van der Waals surface area contributed by atoms with Gasteiger partial charge in [0.2, 0.25) is 0 Å². The molecule has 0 aromatic heterocycles. The number of carbonyl (C=O) groups excluding carboxylic acids is 1. The van der Waals surface area contributed by atoms with E-state index >= 15 is 0 Å². The van der Waals surface area contributed by atoms with Gasteiger partial charge in [-0.15, -0.1) is 0 Å². The van der Waals surface area contributed by atoms with Crippen LogP contribution in [0.1, 0.15) is 24.2 Å². The van der Waals surface area contributed by atoms with Gasteiger partial charge in [0, 0.05) is 10.0 Å². The molecule has 0 aliphatic heterocycles.